The Labute approximate surface area is 123 Å². The third-order valence-corrected chi connectivity index (χ3v) is 3.87. The van der Waals surface area contributed by atoms with Crippen LogP contribution in [0.4, 0.5) is 0 Å². The van der Waals surface area contributed by atoms with E-state index in [1.807, 2.05) is 67.6 Å². The van der Waals surface area contributed by atoms with E-state index in [-0.39, 0.29) is 5.91 Å². The van der Waals surface area contributed by atoms with Crippen molar-refractivity contribution in [2.45, 2.75) is 12.3 Å². The molecule has 3 aromatic rings. The topological polar surface area (TPSA) is 34.9 Å². The molecule has 0 saturated carbocycles. The van der Waals surface area contributed by atoms with Gasteiger partial charge in [0.25, 0.3) is 0 Å². The minimum atomic E-state index is -0.747. The first kappa shape index (κ1) is 13.3. The molecule has 0 atom stereocenters. The van der Waals surface area contributed by atoms with Crippen molar-refractivity contribution in [2.75, 3.05) is 0 Å². The van der Waals surface area contributed by atoms with Crippen molar-refractivity contribution < 1.29 is 4.79 Å². The fourth-order valence-corrected chi connectivity index (χ4v) is 2.59. The Hall–Kier alpha value is -2.68. The Morgan fingerprint density at radius 3 is 1.90 bits per heavy atom. The van der Waals surface area contributed by atoms with Crippen molar-refractivity contribution in [1.29, 1.82) is 0 Å². The van der Waals surface area contributed by atoms with Gasteiger partial charge in [-0.3, -0.25) is 9.36 Å². The Morgan fingerprint density at radius 1 is 0.952 bits per heavy atom. The lowest BCUT2D eigenvalue weighted by Gasteiger charge is -2.29. The smallest absolute Gasteiger partial charge is 0.246 e. The molecule has 1 aromatic heterocycles. The fraction of sp³-hybridized carbons (Fsp3) is 0.111. The van der Waals surface area contributed by atoms with Crippen LogP contribution < -0.4 is 0 Å². The number of imidazole rings is 1. The summed E-state index contributed by atoms with van der Waals surface area (Å²) in [7, 11) is 0. The summed E-state index contributed by atoms with van der Waals surface area (Å²) >= 11 is 0. The summed E-state index contributed by atoms with van der Waals surface area (Å²) in [5.74, 6) is -0.0163. The molecule has 0 amide bonds. The maximum absolute atomic E-state index is 13.1. The van der Waals surface area contributed by atoms with Gasteiger partial charge in [0.05, 0.1) is 5.41 Å². The van der Waals surface area contributed by atoms with E-state index in [0.29, 0.717) is 0 Å². The maximum Gasteiger partial charge on any atom is 0.246 e. The van der Waals surface area contributed by atoms with Crippen LogP contribution >= 0.6 is 0 Å². The van der Waals surface area contributed by atoms with Gasteiger partial charge in [-0.2, -0.15) is 0 Å². The Morgan fingerprint density at radius 2 is 1.48 bits per heavy atom. The number of carbonyl (C=O) groups is 1. The molecule has 0 bridgehead atoms. The first-order chi connectivity index (χ1) is 10.2. The van der Waals surface area contributed by atoms with Crippen LogP contribution in [0, 0.1) is 0 Å². The van der Waals surface area contributed by atoms with Crippen molar-refractivity contribution in [1.82, 2.24) is 9.55 Å². The van der Waals surface area contributed by atoms with Crippen LogP contribution in [-0.2, 0) is 5.41 Å². The second kappa shape index (κ2) is 5.37. The van der Waals surface area contributed by atoms with Crippen molar-refractivity contribution >= 4 is 5.91 Å². The Bertz CT molecular complexity index is 679. The molecule has 1 heterocycles. The summed E-state index contributed by atoms with van der Waals surface area (Å²) in [5, 5.41) is 0. The first-order valence-corrected chi connectivity index (χ1v) is 6.87. The average molecular weight is 276 g/mol. The average Bonchev–Trinajstić information content (AvgIpc) is 3.09. The number of aromatic nitrogens is 2. The quantitative estimate of drug-likeness (QED) is 0.733. The van der Waals surface area contributed by atoms with Gasteiger partial charge in [0.1, 0.15) is 6.33 Å². The van der Waals surface area contributed by atoms with Crippen molar-refractivity contribution in [3.63, 3.8) is 0 Å². The molecule has 3 heteroatoms. The highest BCUT2D eigenvalue weighted by atomic mass is 16.2. The van der Waals surface area contributed by atoms with Gasteiger partial charge in [0.15, 0.2) is 0 Å². The summed E-state index contributed by atoms with van der Waals surface area (Å²) in [6.07, 6.45) is 4.85. The largest absolute Gasteiger partial charge is 0.275 e. The predicted molar refractivity (Wildman–Crippen MR) is 82.2 cm³/mol. The van der Waals surface area contributed by atoms with Crippen molar-refractivity contribution in [2.24, 2.45) is 0 Å². The minimum Gasteiger partial charge on any atom is -0.275 e. The maximum atomic E-state index is 13.1. The second-order valence-electron chi connectivity index (χ2n) is 5.13. The van der Waals surface area contributed by atoms with Gasteiger partial charge in [0.2, 0.25) is 5.91 Å². The van der Waals surface area contributed by atoms with Gasteiger partial charge in [-0.1, -0.05) is 60.7 Å². The predicted octanol–water partition coefficient (Wildman–Crippen LogP) is 3.53. The minimum absolute atomic E-state index is 0.0163. The van der Waals surface area contributed by atoms with Gasteiger partial charge in [0, 0.05) is 12.4 Å². The normalized spacial score (nSPS) is 11.3. The molecule has 0 unspecified atom stereocenters. The van der Waals surface area contributed by atoms with E-state index in [1.54, 1.807) is 23.3 Å². The molecule has 3 nitrogen and oxygen atoms in total. The van der Waals surface area contributed by atoms with E-state index >= 15 is 0 Å². The molecule has 0 N–H and O–H groups in total. The summed E-state index contributed by atoms with van der Waals surface area (Å²) < 4.78 is 1.54. The van der Waals surface area contributed by atoms with Crippen LogP contribution in [0.1, 0.15) is 22.8 Å². The first-order valence-electron chi connectivity index (χ1n) is 6.87. The van der Waals surface area contributed by atoms with Crippen molar-refractivity contribution in [3.05, 3.63) is 90.5 Å². The highest BCUT2D eigenvalue weighted by molar-refractivity contribution is 5.93. The second-order valence-corrected chi connectivity index (χ2v) is 5.13. The number of hydrogen-bond acceptors (Lipinski definition) is 2. The number of rotatable bonds is 3. The SMILES string of the molecule is CC(C(=O)n1ccnc1)(c1ccccc1)c1ccccc1. The van der Waals surface area contributed by atoms with Gasteiger partial charge in [-0.05, 0) is 18.1 Å². The van der Waals surface area contributed by atoms with Gasteiger partial charge in [-0.25, -0.2) is 4.98 Å². The molecule has 0 fully saturated rings. The molecule has 0 radical (unpaired) electrons. The zero-order chi connectivity index (χ0) is 14.7. The van der Waals surface area contributed by atoms with Crippen LogP contribution in [0.25, 0.3) is 0 Å². The molecule has 0 spiro atoms. The number of benzene rings is 2. The molecule has 0 aliphatic heterocycles. The number of hydrogen-bond donors (Lipinski definition) is 0. The highest BCUT2D eigenvalue weighted by Crippen LogP contribution is 2.33. The molecule has 21 heavy (non-hydrogen) atoms. The van der Waals surface area contributed by atoms with Gasteiger partial charge >= 0.3 is 0 Å². The van der Waals surface area contributed by atoms with Crippen LogP contribution in [0.3, 0.4) is 0 Å². The van der Waals surface area contributed by atoms with E-state index in [9.17, 15) is 4.79 Å². The van der Waals surface area contributed by atoms with Crippen LogP contribution in [0.15, 0.2) is 79.4 Å². The lowest BCUT2D eigenvalue weighted by molar-refractivity contribution is 0.0836. The number of nitrogens with zero attached hydrogens (tertiary/aromatic N) is 2. The molecule has 3 rings (SSSR count). The van der Waals surface area contributed by atoms with Crippen molar-refractivity contribution in [3.8, 4) is 0 Å². The van der Waals surface area contributed by atoms with E-state index in [4.69, 9.17) is 0 Å². The fourth-order valence-electron chi connectivity index (χ4n) is 2.59. The lowest BCUT2D eigenvalue weighted by Crippen LogP contribution is -2.37. The van der Waals surface area contributed by atoms with E-state index < -0.39 is 5.41 Å². The molecule has 104 valence electrons. The van der Waals surface area contributed by atoms with Gasteiger partial charge < -0.3 is 0 Å². The lowest BCUT2D eigenvalue weighted by atomic mass is 9.75. The zero-order valence-corrected chi connectivity index (χ0v) is 11.8. The molecular weight excluding hydrogens is 260 g/mol. The Balaban J connectivity index is 2.18. The van der Waals surface area contributed by atoms with Crippen LogP contribution in [0.2, 0.25) is 0 Å². The summed E-state index contributed by atoms with van der Waals surface area (Å²) in [4.78, 5) is 17.0. The molecule has 0 aliphatic rings. The Kier molecular flexibility index (Phi) is 3.40. The van der Waals surface area contributed by atoms with Crippen LogP contribution in [0.5, 0.6) is 0 Å². The third-order valence-electron chi connectivity index (χ3n) is 3.87. The third kappa shape index (κ3) is 2.27. The molecule has 2 aromatic carbocycles. The molecular formula is C18H16N2O. The summed E-state index contributed by atoms with van der Waals surface area (Å²) in [6.45, 7) is 1.96. The molecule has 0 saturated heterocycles. The standard InChI is InChI=1S/C18H16N2O/c1-18(15-8-4-2-5-9-15,16-10-6-3-7-11-16)17(21)20-13-12-19-14-20/h2-14H,1H3. The zero-order valence-electron chi connectivity index (χ0n) is 11.8. The number of carbonyl (C=O) groups excluding carboxylic acids is 1. The van der Waals surface area contributed by atoms with E-state index in [1.165, 1.54) is 0 Å². The summed E-state index contributed by atoms with van der Waals surface area (Å²) in [6, 6.07) is 19.7. The van der Waals surface area contributed by atoms with E-state index in [2.05, 4.69) is 4.98 Å². The monoisotopic (exact) mass is 276 g/mol. The summed E-state index contributed by atoms with van der Waals surface area (Å²) in [5.41, 5.74) is 1.19. The van der Waals surface area contributed by atoms with Gasteiger partial charge in [-0.15, -0.1) is 0 Å². The molecule has 0 aliphatic carbocycles. The van der Waals surface area contributed by atoms with Crippen LogP contribution in [-0.4, -0.2) is 15.5 Å². The van der Waals surface area contributed by atoms with E-state index in [0.717, 1.165) is 11.1 Å². The highest BCUT2D eigenvalue weighted by Gasteiger charge is 2.37.